The fourth-order valence-corrected chi connectivity index (χ4v) is 5.49. The first-order valence-electron chi connectivity index (χ1n) is 12.4. The molecular weight excluding hydrogens is 581 g/mol. The number of carbonyl (C=O) groups excluding carboxylic acids is 1. The summed E-state index contributed by atoms with van der Waals surface area (Å²) in [5, 5.41) is 10.3. The maximum atomic E-state index is 14.1. The Bertz CT molecular complexity index is 1520. The first kappa shape index (κ1) is 32.1. The number of alkyl halides is 2. The lowest BCUT2D eigenvalue weighted by molar-refractivity contribution is -0.170. The van der Waals surface area contributed by atoms with E-state index in [2.05, 4.69) is 0 Å². The van der Waals surface area contributed by atoms with Crippen molar-refractivity contribution < 1.29 is 51.0 Å². The van der Waals surface area contributed by atoms with Crippen LogP contribution in [0.15, 0.2) is 78.9 Å². The lowest BCUT2D eigenvalue weighted by Gasteiger charge is -2.28. The number of carboxylic acid groups (broad SMARTS) is 1. The molecule has 0 aliphatic rings. The highest BCUT2D eigenvalue weighted by Crippen LogP contribution is 2.59. The first-order valence-corrected chi connectivity index (χ1v) is 15.8. The van der Waals surface area contributed by atoms with Gasteiger partial charge >= 0.3 is 25.2 Å². The van der Waals surface area contributed by atoms with E-state index in [-0.39, 0.29) is 30.1 Å². The van der Waals surface area contributed by atoms with E-state index in [0.717, 1.165) is 24.3 Å². The van der Waals surface area contributed by atoms with Crippen molar-refractivity contribution >= 4 is 29.4 Å². The third-order valence-electron chi connectivity index (χ3n) is 6.54. The second-order valence-electron chi connectivity index (χ2n) is 9.58. The predicted molar refractivity (Wildman–Crippen MR) is 146 cm³/mol. The van der Waals surface area contributed by atoms with Crippen molar-refractivity contribution in [1.82, 2.24) is 0 Å². The van der Waals surface area contributed by atoms with Gasteiger partial charge in [0.2, 0.25) is 0 Å². The Hall–Kier alpha value is -3.44. The van der Waals surface area contributed by atoms with Gasteiger partial charge in [0.25, 0.3) is 0 Å². The molecule has 13 heteroatoms. The second-order valence-corrected chi connectivity index (χ2v) is 13.6. The SMILES string of the molecule is CCS(=O)(=O)Cc1ccc(CC(Cc2ccc(C(F)(F)P(=O)(O)O)cc2)(C(=O)O)C(=O)OCc2ccccc2)cc1. The van der Waals surface area contributed by atoms with E-state index in [0.29, 0.717) is 16.7 Å². The minimum atomic E-state index is -5.82. The van der Waals surface area contributed by atoms with Crippen LogP contribution in [-0.2, 0) is 59.6 Å². The minimum Gasteiger partial charge on any atom is -0.480 e. The zero-order valence-corrected chi connectivity index (χ0v) is 23.7. The largest absolute Gasteiger partial charge is 0.480 e. The third kappa shape index (κ3) is 7.85. The number of hydrogen-bond acceptors (Lipinski definition) is 6. The molecule has 0 saturated heterocycles. The number of sulfone groups is 1. The molecule has 3 aromatic carbocycles. The molecule has 0 heterocycles. The molecule has 1 unspecified atom stereocenters. The Kier molecular flexibility index (Phi) is 9.86. The molecule has 0 amide bonds. The zero-order valence-electron chi connectivity index (χ0n) is 21.9. The molecule has 3 aromatic rings. The predicted octanol–water partition coefficient (Wildman–Crippen LogP) is 4.45. The van der Waals surface area contributed by atoms with Crippen LogP contribution in [0, 0.1) is 5.41 Å². The normalized spacial score (nSPS) is 13.8. The fourth-order valence-electron chi connectivity index (χ4n) is 4.10. The van der Waals surface area contributed by atoms with Gasteiger partial charge in [0.15, 0.2) is 15.3 Å². The topological polar surface area (TPSA) is 155 Å². The highest BCUT2D eigenvalue weighted by atomic mass is 32.2. The molecule has 0 bridgehead atoms. The van der Waals surface area contributed by atoms with Crippen molar-refractivity contribution in [3.63, 3.8) is 0 Å². The number of rotatable bonds is 13. The van der Waals surface area contributed by atoms with Crippen LogP contribution < -0.4 is 0 Å². The molecule has 0 spiro atoms. The molecule has 1 atom stereocenters. The van der Waals surface area contributed by atoms with Gasteiger partial charge in [0, 0.05) is 11.3 Å². The van der Waals surface area contributed by atoms with Gasteiger partial charge in [-0.25, -0.2) is 8.42 Å². The number of carboxylic acids is 1. The first-order chi connectivity index (χ1) is 19.1. The van der Waals surface area contributed by atoms with Gasteiger partial charge in [-0.1, -0.05) is 85.8 Å². The summed E-state index contributed by atoms with van der Waals surface area (Å²) in [6.45, 7) is 1.29. The Balaban J connectivity index is 1.97. The number of carbonyl (C=O) groups is 2. The number of esters is 1. The summed E-state index contributed by atoms with van der Waals surface area (Å²) in [7, 11) is -9.14. The van der Waals surface area contributed by atoms with Crippen LogP contribution in [0.5, 0.6) is 0 Å². The van der Waals surface area contributed by atoms with Crippen molar-refractivity contribution in [2.75, 3.05) is 5.75 Å². The van der Waals surface area contributed by atoms with E-state index in [1.54, 1.807) is 30.3 Å². The molecule has 41 heavy (non-hydrogen) atoms. The van der Waals surface area contributed by atoms with E-state index in [1.165, 1.54) is 31.2 Å². The van der Waals surface area contributed by atoms with Gasteiger partial charge in [0.1, 0.15) is 6.61 Å². The summed E-state index contributed by atoms with van der Waals surface area (Å²) in [5.74, 6) is -2.89. The van der Waals surface area contributed by atoms with E-state index in [4.69, 9.17) is 14.5 Å². The molecule has 220 valence electrons. The molecule has 0 aliphatic heterocycles. The van der Waals surface area contributed by atoms with E-state index in [9.17, 15) is 36.5 Å². The summed E-state index contributed by atoms with van der Waals surface area (Å²) in [6.07, 6.45) is -0.874. The summed E-state index contributed by atoms with van der Waals surface area (Å²) in [6, 6.07) is 18.2. The van der Waals surface area contributed by atoms with Gasteiger partial charge in [0.05, 0.1) is 5.75 Å². The van der Waals surface area contributed by atoms with E-state index >= 15 is 0 Å². The van der Waals surface area contributed by atoms with Crippen LogP contribution in [-0.4, -0.2) is 41.0 Å². The average Bonchev–Trinajstić information content (AvgIpc) is 2.92. The van der Waals surface area contributed by atoms with E-state index in [1.807, 2.05) is 0 Å². The van der Waals surface area contributed by atoms with Crippen LogP contribution >= 0.6 is 7.60 Å². The van der Waals surface area contributed by atoms with Gasteiger partial charge < -0.3 is 19.6 Å². The number of benzene rings is 3. The highest BCUT2D eigenvalue weighted by molar-refractivity contribution is 7.90. The maximum absolute atomic E-state index is 14.1. The second kappa shape index (κ2) is 12.6. The summed E-state index contributed by atoms with van der Waals surface area (Å²) < 4.78 is 68.8. The van der Waals surface area contributed by atoms with Crippen molar-refractivity contribution in [2.24, 2.45) is 5.41 Å². The number of ether oxygens (including phenoxy) is 1. The third-order valence-corrected chi connectivity index (χ3v) is 9.18. The molecule has 0 radical (unpaired) electrons. The Morgan fingerprint density at radius 3 is 1.78 bits per heavy atom. The Labute approximate surface area is 235 Å². The molecule has 3 rings (SSSR count). The van der Waals surface area contributed by atoms with Crippen LogP contribution in [0.2, 0.25) is 0 Å². The number of hydrogen-bond donors (Lipinski definition) is 3. The molecule has 0 saturated carbocycles. The Morgan fingerprint density at radius 2 is 1.32 bits per heavy atom. The van der Waals surface area contributed by atoms with Crippen LogP contribution in [0.25, 0.3) is 0 Å². The molecule has 0 fully saturated rings. The van der Waals surface area contributed by atoms with Crippen LogP contribution in [0.3, 0.4) is 0 Å². The standard InChI is InChI=1S/C28H29F2O9PS/c1-2-41(37,38)19-23-10-8-20(9-11-23)16-27(25(31)32,26(33)39-18-22-6-4-3-5-7-22)17-21-12-14-24(15-13-21)28(29,30)40(34,35)36/h3-15H,2,16-19H2,1H3,(H,31,32)(H2,34,35,36). The van der Waals surface area contributed by atoms with Gasteiger partial charge in [-0.2, -0.15) is 8.78 Å². The summed E-state index contributed by atoms with van der Waals surface area (Å²) in [4.78, 5) is 44.2. The molecule has 3 N–H and O–H groups in total. The van der Waals surface area contributed by atoms with Crippen LogP contribution in [0.4, 0.5) is 8.78 Å². The smallest absolute Gasteiger partial charge is 0.399 e. The fraction of sp³-hybridized carbons (Fsp3) is 0.286. The van der Waals surface area contributed by atoms with Crippen molar-refractivity contribution in [2.45, 2.75) is 37.8 Å². The highest BCUT2D eigenvalue weighted by Gasteiger charge is 2.51. The number of halogens is 2. The zero-order chi connectivity index (χ0) is 30.5. The van der Waals surface area contributed by atoms with Crippen molar-refractivity contribution in [3.8, 4) is 0 Å². The number of aliphatic carboxylic acids is 1. The minimum absolute atomic E-state index is 0.0526. The quantitative estimate of drug-likeness (QED) is 0.145. The van der Waals surface area contributed by atoms with Crippen molar-refractivity contribution in [3.05, 3.63) is 107 Å². The lowest BCUT2D eigenvalue weighted by atomic mass is 9.76. The molecule has 0 aliphatic carbocycles. The summed E-state index contributed by atoms with van der Waals surface area (Å²) >= 11 is 0. The molecule has 9 nitrogen and oxygen atoms in total. The van der Waals surface area contributed by atoms with Gasteiger partial charge in [-0.3, -0.25) is 14.2 Å². The average molecular weight is 611 g/mol. The molecular formula is C28H29F2O9PS. The van der Waals surface area contributed by atoms with Gasteiger partial charge in [-0.15, -0.1) is 0 Å². The summed E-state index contributed by atoms with van der Waals surface area (Å²) in [5.41, 5.74) is -6.07. The molecule has 0 aromatic heterocycles. The maximum Gasteiger partial charge on any atom is 0.399 e. The van der Waals surface area contributed by atoms with Crippen molar-refractivity contribution in [1.29, 1.82) is 0 Å². The van der Waals surface area contributed by atoms with E-state index < -0.39 is 52.4 Å². The lowest BCUT2D eigenvalue weighted by Crippen LogP contribution is -2.44. The van der Waals surface area contributed by atoms with Gasteiger partial charge in [-0.05, 0) is 35.1 Å². The Morgan fingerprint density at radius 1 is 0.829 bits per heavy atom. The van der Waals surface area contributed by atoms with Crippen LogP contribution in [0.1, 0.15) is 34.7 Å². The monoisotopic (exact) mass is 610 g/mol.